The summed E-state index contributed by atoms with van der Waals surface area (Å²) in [5.41, 5.74) is 0.420. The summed E-state index contributed by atoms with van der Waals surface area (Å²) >= 11 is 0. The summed E-state index contributed by atoms with van der Waals surface area (Å²) in [6.07, 6.45) is -3.87. The number of urea groups is 1. The molecule has 1 atom stereocenters. The maximum atomic E-state index is 13.4. The Bertz CT molecular complexity index is 1200. The number of benzene rings is 1. The molecule has 2 heterocycles. The number of nitrogens with zero attached hydrogens (tertiary/aromatic N) is 3. The molecule has 0 fully saturated rings. The van der Waals surface area contributed by atoms with Gasteiger partial charge in [0.05, 0.1) is 24.5 Å². The van der Waals surface area contributed by atoms with Gasteiger partial charge in [0, 0.05) is 27.9 Å². The van der Waals surface area contributed by atoms with Gasteiger partial charge in [0.15, 0.2) is 5.82 Å². The maximum absolute atomic E-state index is 13.4. The van der Waals surface area contributed by atoms with Crippen molar-refractivity contribution in [3.63, 3.8) is 0 Å². The lowest BCUT2D eigenvalue weighted by atomic mass is 10.1. The normalized spacial score (nSPS) is 14.6. The summed E-state index contributed by atoms with van der Waals surface area (Å²) in [7, 11) is -0.0558. The predicted molar refractivity (Wildman–Crippen MR) is 141 cm³/mol. The smallest absolute Gasteiger partial charge is 0.433 e. The molecule has 1 N–H and O–H groups in total. The van der Waals surface area contributed by atoms with Gasteiger partial charge in [-0.05, 0) is 23.7 Å². The van der Waals surface area contributed by atoms with Crippen molar-refractivity contribution in [2.24, 2.45) is 0 Å². The summed E-state index contributed by atoms with van der Waals surface area (Å²) in [5.74, 6) is -1.34. The Morgan fingerprint density at radius 2 is 1.83 bits per heavy atom. The number of alkyl halides is 5. The van der Waals surface area contributed by atoms with Crippen molar-refractivity contribution < 1.29 is 50.5 Å². The molecule has 10 nitrogen and oxygen atoms in total. The second-order valence-corrected chi connectivity index (χ2v) is 15.8. The van der Waals surface area contributed by atoms with Gasteiger partial charge in [-0.1, -0.05) is 31.8 Å². The van der Waals surface area contributed by atoms with Crippen LogP contribution in [0.3, 0.4) is 0 Å². The summed E-state index contributed by atoms with van der Waals surface area (Å²) in [5, 5.41) is 2.67. The van der Waals surface area contributed by atoms with Crippen LogP contribution >= 0.6 is 0 Å². The van der Waals surface area contributed by atoms with Gasteiger partial charge in [-0.15, -0.1) is 13.2 Å². The van der Waals surface area contributed by atoms with E-state index in [1.165, 1.54) is 30.2 Å². The topological polar surface area (TPSA) is 102 Å². The molecule has 3 rings (SSSR count). The number of anilines is 2. The fraction of sp³-hybridized carbons (Fsp3) is 0.480. The Hall–Kier alpha value is -3.50. The zero-order valence-electron chi connectivity index (χ0n) is 22.8. The summed E-state index contributed by atoms with van der Waals surface area (Å²) in [4.78, 5) is 32.8. The highest BCUT2D eigenvalue weighted by atomic mass is 28.3. The van der Waals surface area contributed by atoms with Crippen LogP contribution in [0.5, 0.6) is 11.5 Å². The number of rotatable bonds is 12. The van der Waals surface area contributed by atoms with E-state index in [9.17, 15) is 31.5 Å². The van der Waals surface area contributed by atoms with Crippen LogP contribution in [0.25, 0.3) is 0 Å². The first kappa shape index (κ1) is 32.0. The number of carbonyl (C=O) groups excluding carboxylic acids is 2. The minimum Gasteiger partial charge on any atom is -0.433 e. The number of halogens is 5. The van der Waals surface area contributed by atoms with Gasteiger partial charge in [0.2, 0.25) is 5.91 Å². The van der Waals surface area contributed by atoms with E-state index >= 15 is 0 Å². The summed E-state index contributed by atoms with van der Waals surface area (Å²) in [6, 6.07) is 5.19. The first-order chi connectivity index (χ1) is 19.2. The molecule has 41 heavy (non-hydrogen) atoms. The number of fused-ring (bicyclic) bond motifs is 1. The quantitative estimate of drug-likeness (QED) is 0.203. The lowest BCUT2D eigenvalue weighted by Gasteiger charge is -2.35. The van der Waals surface area contributed by atoms with Crippen molar-refractivity contribution in [1.29, 1.82) is 0 Å². The van der Waals surface area contributed by atoms with Gasteiger partial charge in [0.25, 0.3) is 0 Å². The molecule has 1 aliphatic rings. The van der Waals surface area contributed by atoms with E-state index in [1.54, 1.807) is 0 Å². The molecule has 1 aliphatic heterocycles. The Morgan fingerprint density at radius 3 is 2.41 bits per heavy atom. The Morgan fingerprint density at radius 1 is 1.15 bits per heavy atom. The van der Waals surface area contributed by atoms with Crippen molar-refractivity contribution >= 4 is 31.5 Å². The van der Waals surface area contributed by atoms with E-state index in [4.69, 9.17) is 9.47 Å². The minimum absolute atomic E-state index is 0.0115. The van der Waals surface area contributed by atoms with Crippen LogP contribution in [0, 0.1) is 0 Å². The number of hydrogen-bond acceptors (Lipinski definition) is 7. The van der Waals surface area contributed by atoms with Crippen LogP contribution in [0.4, 0.5) is 38.3 Å². The molecule has 1 aromatic carbocycles. The van der Waals surface area contributed by atoms with Crippen LogP contribution in [0.15, 0.2) is 36.5 Å². The number of amides is 3. The van der Waals surface area contributed by atoms with E-state index < -0.39 is 51.3 Å². The van der Waals surface area contributed by atoms with E-state index in [-0.39, 0.29) is 30.6 Å². The average Bonchev–Trinajstić information content (AvgIpc) is 2.85. The molecular weight excluding hydrogens is 575 g/mol. The number of hydrogen-bond donors (Lipinski definition) is 1. The molecule has 0 spiro atoms. The highest BCUT2D eigenvalue weighted by Crippen LogP contribution is 2.35. The molecule has 1 unspecified atom stereocenters. The van der Waals surface area contributed by atoms with Crippen LogP contribution in [-0.2, 0) is 14.3 Å². The fourth-order valence-electron chi connectivity index (χ4n) is 3.79. The van der Waals surface area contributed by atoms with Gasteiger partial charge in [-0.25, -0.2) is 9.78 Å². The second-order valence-electron chi connectivity index (χ2n) is 10.2. The zero-order valence-corrected chi connectivity index (χ0v) is 23.8. The van der Waals surface area contributed by atoms with Crippen molar-refractivity contribution in [3.8, 4) is 11.5 Å². The largest absolute Gasteiger partial charge is 0.573 e. The molecule has 0 saturated heterocycles. The molecule has 0 aliphatic carbocycles. The zero-order chi connectivity index (χ0) is 30.4. The van der Waals surface area contributed by atoms with E-state index in [2.05, 4.69) is 39.4 Å². The van der Waals surface area contributed by atoms with Crippen molar-refractivity contribution in [1.82, 2.24) is 10.3 Å². The number of pyridine rings is 1. The third-order valence-corrected chi connectivity index (χ3v) is 7.50. The molecule has 1 aromatic heterocycles. The minimum atomic E-state index is -4.86. The molecule has 226 valence electrons. The third kappa shape index (κ3) is 9.53. The number of ether oxygens (including phenoxy) is 4. The standard InChI is InChI=1S/C25H31F5N4O6Si/c1-37-14-19(16-5-7-17(8-6-16)40-25(28,29)30)32-24(36)33-13-21(35)34(15-38-9-10-41(2,3)4)20-11-18(39-23(26)27)12-31-22(20)33/h5-8,11-12,19,23H,9-10,13-15H2,1-4H3,(H,32,36). The highest BCUT2D eigenvalue weighted by Gasteiger charge is 2.36. The number of aromatic nitrogens is 1. The molecular formula is C25H31F5N4O6Si. The Labute approximate surface area is 234 Å². The van der Waals surface area contributed by atoms with E-state index in [1.807, 2.05) is 0 Å². The van der Waals surface area contributed by atoms with Crippen molar-refractivity contribution in [2.45, 2.75) is 44.7 Å². The lowest BCUT2D eigenvalue weighted by molar-refractivity contribution is -0.274. The molecule has 2 aromatic rings. The first-order valence-electron chi connectivity index (χ1n) is 12.4. The predicted octanol–water partition coefficient (Wildman–Crippen LogP) is 5.14. The Kier molecular flexibility index (Phi) is 10.5. The summed E-state index contributed by atoms with van der Waals surface area (Å²) < 4.78 is 82.4. The molecule has 16 heteroatoms. The third-order valence-electron chi connectivity index (χ3n) is 5.80. The van der Waals surface area contributed by atoms with Crippen LogP contribution < -0.4 is 24.6 Å². The SMILES string of the molecule is COCC(NC(=O)N1CC(=O)N(COCC[Si](C)(C)C)c2cc(OC(F)F)cnc21)c1ccc(OC(F)(F)F)cc1. The van der Waals surface area contributed by atoms with Crippen LogP contribution in [-0.4, -0.2) is 71.6 Å². The van der Waals surface area contributed by atoms with Crippen LogP contribution in [0.1, 0.15) is 11.6 Å². The Balaban J connectivity index is 1.84. The van der Waals surface area contributed by atoms with Gasteiger partial charge in [0.1, 0.15) is 24.8 Å². The number of carbonyl (C=O) groups is 2. The number of nitrogens with one attached hydrogen (secondary N) is 1. The summed E-state index contributed by atoms with van der Waals surface area (Å²) in [6.45, 7) is 3.02. The average molecular weight is 607 g/mol. The molecule has 0 saturated carbocycles. The number of methoxy groups -OCH3 is 1. The molecule has 0 radical (unpaired) electrons. The molecule has 3 amide bonds. The van der Waals surface area contributed by atoms with Gasteiger partial charge < -0.3 is 24.3 Å². The van der Waals surface area contributed by atoms with Crippen molar-refractivity contribution in [3.05, 3.63) is 42.1 Å². The molecule has 0 bridgehead atoms. The fourth-order valence-corrected chi connectivity index (χ4v) is 4.55. The van der Waals surface area contributed by atoms with E-state index in [0.29, 0.717) is 12.2 Å². The van der Waals surface area contributed by atoms with Crippen LogP contribution in [0.2, 0.25) is 25.7 Å². The van der Waals surface area contributed by atoms with Gasteiger partial charge >= 0.3 is 19.0 Å². The van der Waals surface area contributed by atoms with E-state index in [0.717, 1.165) is 29.3 Å². The highest BCUT2D eigenvalue weighted by molar-refractivity contribution is 6.76. The van der Waals surface area contributed by atoms with Crippen molar-refractivity contribution in [2.75, 3.05) is 43.4 Å². The lowest BCUT2D eigenvalue weighted by Crippen LogP contribution is -2.53. The monoisotopic (exact) mass is 606 g/mol. The second kappa shape index (κ2) is 13.4. The van der Waals surface area contributed by atoms with Gasteiger partial charge in [-0.3, -0.25) is 14.6 Å². The maximum Gasteiger partial charge on any atom is 0.573 e. The van der Waals surface area contributed by atoms with Gasteiger partial charge in [-0.2, -0.15) is 8.78 Å². The first-order valence-corrected chi connectivity index (χ1v) is 16.1.